The zero-order valence-electron chi connectivity index (χ0n) is 7.92. The number of allylic oxidation sites excluding steroid dienone is 4. The molecule has 0 aromatic rings. The maximum atomic E-state index is 11.4. The Labute approximate surface area is 88.3 Å². The molecule has 0 radical (unpaired) electrons. The van der Waals surface area contributed by atoms with Crippen molar-refractivity contribution in [3.63, 3.8) is 0 Å². The number of aliphatic hydroxyl groups excluding tert-OH is 1. The van der Waals surface area contributed by atoms with Crippen LogP contribution < -0.4 is 0 Å². The Balaban J connectivity index is 2.39. The van der Waals surface area contributed by atoms with Gasteiger partial charge in [0, 0.05) is 0 Å². The fraction of sp³-hybridized carbons (Fsp3) is 0.545. The third kappa shape index (κ3) is 1.59. The summed E-state index contributed by atoms with van der Waals surface area (Å²) in [6.45, 7) is 0. The number of halogens is 1. The van der Waals surface area contributed by atoms with Crippen LogP contribution in [0.4, 0.5) is 0 Å². The largest absolute Gasteiger partial charge is 0.510 e. The quantitative estimate of drug-likeness (QED) is 0.627. The minimum atomic E-state index is -0.841. The molecular weight excluding hydrogens is 200 g/mol. The summed E-state index contributed by atoms with van der Waals surface area (Å²) in [5.41, 5.74) is 1.92. The molecule has 1 fully saturated rings. The third-order valence-corrected chi connectivity index (χ3v) is 3.30. The molecular formula is C11H13ClO2. The van der Waals surface area contributed by atoms with Crippen LogP contribution in [-0.2, 0) is 4.79 Å². The summed E-state index contributed by atoms with van der Waals surface area (Å²) in [5, 5.41) is 8.91. The maximum Gasteiger partial charge on any atom is 0.181 e. The molecule has 0 bridgehead atoms. The number of rotatable bonds is 0. The van der Waals surface area contributed by atoms with Gasteiger partial charge in [-0.1, -0.05) is 6.42 Å². The highest BCUT2D eigenvalue weighted by atomic mass is 35.5. The summed E-state index contributed by atoms with van der Waals surface area (Å²) < 4.78 is 0. The monoisotopic (exact) mass is 212 g/mol. The van der Waals surface area contributed by atoms with E-state index < -0.39 is 5.38 Å². The van der Waals surface area contributed by atoms with E-state index in [9.17, 15) is 9.90 Å². The molecule has 3 heteroatoms. The standard InChI is InChI=1S/C11H13ClO2/c12-10-9(13)6-7-4-2-1-3-5-8(7)11(10)14/h6,10,14H,1-5H2. The van der Waals surface area contributed by atoms with Gasteiger partial charge in [0.05, 0.1) is 0 Å². The highest BCUT2D eigenvalue weighted by Crippen LogP contribution is 2.34. The Morgan fingerprint density at radius 2 is 2.00 bits per heavy atom. The van der Waals surface area contributed by atoms with Gasteiger partial charge >= 0.3 is 0 Å². The molecule has 2 aliphatic rings. The van der Waals surface area contributed by atoms with Crippen molar-refractivity contribution < 1.29 is 9.90 Å². The zero-order valence-corrected chi connectivity index (χ0v) is 8.68. The first kappa shape index (κ1) is 9.78. The van der Waals surface area contributed by atoms with E-state index in [1.165, 1.54) is 0 Å². The van der Waals surface area contributed by atoms with Gasteiger partial charge in [-0.2, -0.15) is 0 Å². The van der Waals surface area contributed by atoms with E-state index in [4.69, 9.17) is 11.6 Å². The second kappa shape index (κ2) is 3.77. The van der Waals surface area contributed by atoms with Crippen LogP contribution in [0.1, 0.15) is 32.1 Å². The Morgan fingerprint density at radius 1 is 1.29 bits per heavy atom. The Hall–Kier alpha value is -0.760. The molecule has 0 saturated heterocycles. The van der Waals surface area contributed by atoms with E-state index >= 15 is 0 Å². The van der Waals surface area contributed by atoms with Crippen LogP contribution in [0.15, 0.2) is 23.0 Å². The van der Waals surface area contributed by atoms with E-state index in [2.05, 4.69) is 0 Å². The molecule has 2 rings (SSSR count). The zero-order chi connectivity index (χ0) is 10.1. The number of carbonyl (C=O) groups is 1. The summed E-state index contributed by atoms with van der Waals surface area (Å²) in [6, 6.07) is 0. The smallest absolute Gasteiger partial charge is 0.181 e. The molecule has 0 aromatic heterocycles. The molecule has 0 aliphatic heterocycles. The van der Waals surface area contributed by atoms with E-state index in [1.807, 2.05) is 0 Å². The average Bonchev–Trinajstić information content (AvgIpc) is 2.39. The first-order chi connectivity index (χ1) is 6.70. The van der Waals surface area contributed by atoms with Crippen LogP contribution in [0.3, 0.4) is 0 Å². The van der Waals surface area contributed by atoms with Gasteiger partial charge in [0.1, 0.15) is 5.76 Å². The molecule has 0 heterocycles. The van der Waals surface area contributed by atoms with Gasteiger partial charge in [-0.3, -0.25) is 4.79 Å². The predicted octanol–water partition coefficient (Wildman–Crippen LogP) is 2.88. The number of ketones is 1. The normalized spacial score (nSPS) is 28.2. The van der Waals surface area contributed by atoms with Gasteiger partial charge in [0.2, 0.25) is 0 Å². The SMILES string of the molecule is O=C1C=C2CCCCCC2=C(O)C1Cl. The number of alkyl halides is 1. The number of carbonyl (C=O) groups excluding carboxylic acids is 1. The van der Waals surface area contributed by atoms with Crippen LogP contribution >= 0.6 is 11.6 Å². The lowest BCUT2D eigenvalue weighted by Crippen LogP contribution is -2.21. The van der Waals surface area contributed by atoms with Crippen molar-refractivity contribution in [2.24, 2.45) is 0 Å². The van der Waals surface area contributed by atoms with Crippen molar-refractivity contribution in [2.45, 2.75) is 37.5 Å². The van der Waals surface area contributed by atoms with Crippen molar-refractivity contribution in [1.29, 1.82) is 0 Å². The highest BCUT2D eigenvalue weighted by molar-refractivity contribution is 6.35. The molecule has 2 nitrogen and oxygen atoms in total. The number of aliphatic hydroxyl groups is 1. The van der Waals surface area contributed by atoms with E-state index in [1.54, 1.807) is 6.08 Å². The van der Waals surface area contributed by atoms with Crippen LogP contribution in [-0.4, -0.2) is 16.3 Å². The molecule has 1 atom stereocenters. The van der Waals surface area contributed by atoms with Crippen molar-refractivity contribution in [3.05, 3.63) is 23.0 Å². The fourth-order valence-corrected chi connectivity index (χ4v) is 2.28. The summed E-state index contributed by atoms with van der Waals surface area (Å²) in [7, 11) is 0. The molecule has 1 saturated carbocycles. The lowest BCUT2D eigenvalue weighted by molar-refractivity contribution is -0.114. The van der Waals surface area contributed by atoms with Crippen LogP contribution in [0, 0.1) is 0 Å². The topological polar surface area (TPSA) is 37.3 Å². The number of hydrogen-bond acceptors (Lipinski definition) is 2. The van der Waals surface area contributed by atoms with Gasteiger partial charge in [0.25, 0.3) is 0 Å². The van der Waals surface area contributed by atoms with Crippen molar-refractivity contribution in [2.75, 3.05) is 0 Å². The van der Waals surface area contributed by atoms with E-state index in [0.717, 1.165) is 43.3 Å². The fourth-order valence-electron chi connectivity index (χ4n) is 2.09. The van der Waals surface area contributed by atoms with Crippen LogP contribution in [0.25, 0.3) is 0 Å². The summed E-state index contributed by atoms with van der Waals surface area (Å²) in [5.74, 6) is -0.0825. The van der Waals surface area contributed by atoms with Gasteiger partial charge in [-0.15, -0.1) is 11.6 Å². The highest BCUT2D eigenvalue weighted by Gasteiger charge is 2.29. The second-order valence-electron chi connectivity index (χ2n) is 3.86. The predicted molar refractivity (Wildman–Crippen MR) is 55.5 cm³/mol. The minimum absolute atomic E-state index is 0.0936. The minimum Gasteiger partial charge on any atom is -0.510 e. The number of hydrogen-bond donors (Lipinski definition) is 1. The van der Waals surface area contributed by atoms with Crippen LogP contribution in [0.2, 0.25) is 0 Å². The Kier molecular flexibility index (Phi) is 2.64. The molecule has 0 spiro atoms. The summed E-state index contributed by atoms with van der Waals surface area (Å²) in [6.07, 6.45) is 6.70. The summed E-state index contributed by atoms with van der Waals surface area (Å²) in [4.78, 5) is 11.4. The third-order valence-electron chi connectivity index (χ3n) is 2.88. The molecule has 1 N–H and O–H groups in total. The van der Waals surface area contributed by atoms with Crippen molar-refractivity contribution in [1.82, 2.24) is 0 Å². The lowest BCUT2D eigenvalue weighted by Gasteiger charge is -2.19. The van der Waals surface area contributed by atoms with Gasteiger partial charge in [-0.25, -0.2) is 0 Å². The lowest BCUT2D eigenvalue weighted by atomic mass is 9.92. The van der Waals surface area contributed by atoms with Crippen molar-refractivity contribution in [3.8, 4) is 0 Å². The Morgan fingerprint density at radius 3 is 2.79 bits per heavy atom. The molecule has 14 heavy (non-hydrogen) atoms. The van der Waals surface area contributed by atoms with Gasteiger partial charge < -0.3 is 5.11 Å². The van der Waals surface area contributed by atoms with E-state index in [0.29, 0.717) is 0 Å². The summed E-state index contributed by atoms with van der Waals surface area (Å²) >= 11 is 5.79. The molecule has 0 amide bonds. The van der Waals surface area contributed by atoms with Crippen LogP contribution in [0.5, 0.6) is 0 Å². The molecule has 2 aliphatic carbocycles. The first-order valence-electron chi connectivity index (χ1n) is 5.01. The maximum absolute atomic E-state index is 11.4. The average molecular weight is 213 g/mol. The van der Waals surface area contributed by atoms with E-state index in [-0.39, 0.29) is 11.5 Å². The van der Waals surface area contributed by atoms with Crippen molar-refractivity contribution >= 4 is 17.4 Å². The molecule has 0 aromatic carbocycles. The van der Waals surface area contributed by atoms with Gasteiger partial charge in [0.15, 0.2) is 11.2 Å². The number of fused-ring (bicyclic) bond motifs is 1. The molecule has 1 unspecified atom stereocenters. The molecule has 76 valence electrons. The first-order valence-corrected chi connectivity index (χ1v) is 5.44. The Bertz CT molecular complexity index is 328. The van der Waals surface area contributed by atoms with Gasteiger partial charge in [-0.05, 0) is 42.9 Å². The second-order valence-corrected chi connectivity index (χ2v) is 4.30.